The zero-order valence-electron chi connectivity index (χ0n) is 6.56. The van der Waals surface area contributed by atoms with Gasteiger partial charge in [-0.15, -0.1) is 5.69 Å². The first-order valence-electron chi connectivity index (χ1n) is 3.27. The highest BCUT2D eigenvalue weighted by atomic mass is 32.2. The van der Waals surface area contributed by atoms with E-state index >= 15 is 0 Å². The van der Waals surface area contributed by atoms with Crippen molar-refractivity contribution in [2.75, 3.05) is 0 Å². The summed E-state index contributed by atoms with van der Waals surface area (Å²) in [5.74, 6) is 0. The van der Waals surface area contributed by atoms with Gasteiger partial charge in [-0.3, -0.25) is 4.98 Å². The number of rotatable bonds is 2. The van der Waals surface area contributed by atoms with Crippen LogP contribution in [0.2, 0.25) is 0 Å². The molecule has 14 heavy (non-hydrogen) atoms. The average Bonchev–Trinajstić information content (AvgIpc) is 2.03. The Balaban J connectivity index is 2.91. The van der Waals surface area contributed by atoms with Crippen LogP contribution < -0.4 is 0 Å². The van der Waals surface area contributed by atoms with Gasteiger partial charge in [0.15, 0.2) is 10.0 Å². The van der Waals surface area contributed by atoms with E-state index in [0.717, 1.165) is 24.5 Å². The van der Waals surface area contributed by atoms with Gasteiger partial charge in [-0.1, -0.05) is 12.1 Å². The highest BCUT2D eigenvalue weighted by molar-refractivity contribution is 7.95. The molecule has 1 aromatic heterocycles. The standard InChI is InChI=1S/C6H4F3N2O2S/c7-6(8,9)14(12,13)11-5-1-3-10-4-2-5/h1-4H/q-1. The van der Waals surface area contributed by atoms with Gasteiger partial charge in [0.1, 0.15) is 0 Å². The van der Waals surface area contributed by atoms with E-state index in [-0.39, 0.29) is 5.69 Å². The summed E-state index contributed by atoms with van der Waals surface area (Å²) in [5.41, 5.74) is -5.67. The second-order valence-electron chi connectivity index (χ2n) is 2.22. The van der Waals surface area contributed by atoms with Gasteiger partial charge in [0.2, 0.25) is 0 Å². The number of aromatic nitrogens is 1. The smallest absolute Gasteiger partial charge is 0.483 e. The molecule has 0 N–H and O–H groups in total. The second-order valence-corrected chi connectivity index (χ2v) is 3.81. The van der Waals surface area contributed by atoms with Crippen LogP contribution in [-0.2, 0) is 10.0 Å². The van der Waals surface area contributed by atoms with Crippen molar-refractivity contribution < 1.29 is 21.6 Å². The molecule has 0 saturated heterocycles. The molecule has 0 saturated carbocycles. The number of pyridine rings is 1. The van der Waals surface area contributed by atoms with Crippen molar-refractivity contribution in [2.24, 2.45) is 0 Å². The summed E-state index contributed by atoms with van der Waals surface area (Å²) in [6, 6.07) is 2.12. The van der Waals surface area contributed by atoms with Gasteiger partial charge in [-0.25, -0.2) is 8.42 Å². The summed E-state index contributed by atoms with van der Waals surface area (Å²) in [7, 11) is -5.45. The zero-order valence-corrected chi connectivity index (χ0v) is 7.38. The van der Waals surface area contributed by atoms with Gasteiger partial charge in [-0.2, -0.15) is 13.2 Å². The van der Waals surface area contributed by atoms with Crippen molar-refractivity contribution in [3.8, 4) is 0 Å². The van der Waals surface area contributed by atoms with E-state index in [9.17, 15) is 21.6 Å². The Labute approximate surface area is 77.8 Å². The molecule has 1 aromatic rings. The fourth-order valence-electron chi connectivity index (χ4n) is 0.595. The second kappa shape index (κ2) is 3.45. The summed E-state index contributed by atoms with van der Waals surface area (Å²) in [6.45, 7) is 0. The Morgan fingerprint density at radius 2 is 1.71 bits per heavy atom. The Morgan fingerprint density at radius 3 is 2.14 bits per heavy atom. The fourth-order valence-corrected chi connectivity index (χ4v) is 1.10. The SMILES string of the molecule is O=S(=O)([N-]c1ccncc1)C(F)(F)F. The van der Waals surface area contributed by atoms with Crippen LogP contribution in [0.15, 0.2) is 24.5 Å². The van der Waals surface area contributed by atoms with E-state index in [1.165, 1.54) is 0 Å². The molecule has 4 nitrogen and oxygen atoms in total. The van der Waals surface area contributed by atoms with Crippen LogP contribution in [-0.4, -0.2) is 18.9 Å². The summed E-state index contributed by atoms with van der Waals surface area (Å²) < 4.78 is 59.1. The van der Waals surface area contributed by atoms with E-state index in [1.807, 2.05) is 0 Å². The molecule has 0 spiro atoms. The molecule has 0 aliphatic heterocycles. The average molecular weight is 225 g/mol. The van der Waals surface area contributed by atoms with Gasteiger partial charge in [0.25, 0.3) is 0 Å². The van der Waals surface area contributed by atoms with Crippen LogP contribution in [0.1, 0.15) is 0 Å². The predicted molar refractivity (Wildman–Crippen MR) is 42.2 cm³/mol. The maximum Gasteiger partial charge on any atom is 0.483 e. The van der Waals surface area contributed by atoms with E-state index < -0.39 is 15.5 Å². The van der Waals surface area contributed by atoms with Gasteiger partial charge >= 0.3 is 5.51 Å². The Hall–Kier alpha value is -1.31. The van der Waals surface area contributed by atoms with Crippen LogP contribution in [0.25, 0.3) is 4.72 Å². The van der Waals surface area contributed by atoms with Gasteiger partial charge in [0.05, 0.1) is 0 Å². The maximum atomic E-state index is 11.8. The molecule has 0 amide bonds. The molecule has 0 bridgehead atoms. The molecule has 78 valence electrons. The number of halogens is 3. The molecule has 0 radical (unpaired) electrons. The third-order valence-electron chi connectivity index (χ3n) is 1.18. The molecule has 0 atom stereocenters. The molecular weight excluding hydrogens is 221 g/mol. The molecular formula is C6H4F3N2O2S-. The van der Waals surface area contributed by atoms with Crippen LogP contribution in [0.4, 0.5) is 18.9 Å². The molecule has 1 heterocycles. The summed E-state index contributed by atoms with van der Waals surface area (Å²) in [6.07, 6.45) is 2.29. The van der Waals surface area contributed by atoms with Crippen molar-refractivity contribution in [2.45, 2.75) is 5.51 Å². The summed E-state index contributed by atoms with van der Waals surface area (Å²) in [5, 5.41) is 0. The first-order valence-corrected chi connectivity index (χ1v) is 4.71. The Morgan fingerprint density at radius 1 is 1.21 bits per heavy atom. The normalized spacial score (nSPS) is 12.5. The number of hydrogen-bond acceptors (Lipinski definition) is 3. The largest absolute Gasteiger partial charge is 0.569 e. The molecule has 0 aliphatic carbocycles. The van der Waals surface area contributed by atoms with E-state index in [0.29, 0.717) is 0 Å². The van der Waals surface area contributed by atoms with Crippen molar-refractivity contribution in [3.05, 3.63) is 29.2 Å². The van der Waals surface area contributed by atoms with Crippen molar-refractivity contribution >= 4 is 15.7 Å². The Bertz CT molecular complexity index is 401. The minimum absolute atomic E-state index is 0.308. The molecule has 0 fully saturated rings. The van der Waals surface area contributed by atoms with Crippen molar-refractivity contribution in [1.29, 1.82) is 0 Å². The topological polar surface area (TPSA) is 61.1 Å². The van der Waals surface area contributed by atoms with Gasteiger partial charge in [-0.05, 0) is 0 Å². The molecule has 0 unspecified atom stereocenters. The fraction of sp³-hybridized carbons (Fsp3) is 0.167. The predicted octanol–water partition coefficient (Wildman–Crippen LogP) is 1.94. The summed E-state index contributed by atoms with van der Waals surface area (Å²) in [4.78, 5) is 3.50. The number of hydrogen-bond donors (Lipinski definition) is 0. The third kappa shape index (κ3) is 2.34. The van der Waals surface area contributed by atoms with Crippen molar-refractivity contribution in [3.63, 3.8) is 0 Å². The zero-order chi connectivity index (χ0) is 10.8. The lowest BCUT2D eigenvalue weighted by Crippen LogP contribution is -2.20. The quantitative estimate of drug-likeness (QED) is 0.772. The van der Waals surface area contributed by atoms with Crippen LogP contribution in [0.5, 0.6) is 0 Å². The van der Waals surface area contributed by atoms with E-state index in [1.54, 1.807) is 0 Å². The van der Waals surface area contributed by atoms with Crippen molar-refractivity contribution in [1.82, 2.24) is 4.98 Å². The van der Waals surface area contributed by atoms with Crippen LogP contribution in [0.3, 0.4) is 0 Å². The lowest BCUT2D eigenvalue weighted by atomic mass is 10.4. The number of alkyl halides is 3. The molecule has 1 rings (SSSR count). The first kappa shape index (κ1) is 10.8. The van der Waals surface area contributed by atoms with E-state index in [4.69, 9.17) is 0 Å². The van der Waals surface area contributed by atoms with Crippen LogP contribution >= 0.6 is 0 Å². The summed E-state index contributed by atoms with van der Waals surface area (Å²) >= 11 is 0. The highest BCUT2D eigenvalue weighted by Gasteiger charge is 2.39. The number of nitrogens with zero attached hydrogens (tertiary/aromatic N) is 2. The Kier molecular flexibility index (Phi) is 2.65. The van der Waals surface area contributed by atoms with E-state index in [2.05, 4.69) is 9.71 Å². The van der Waals surface area contributed by atoms with Gasteiger partial charge in [0, 0.05) is 12.4 Å². The molecule has 0 aromatic carbocycles. The third-order valence-corrected chi connectivity index (χ3v) is 2.22. The van der Waals surface area contributed by atoms with Crippen LogP contribution in [0, 0.1) is 0 Å². The van der Waals surface area contributed by atoms with Gasteiger partial charge < -0.3 is 4.72 Å². The molecule has 0 aliphatic rings. The minimum atomic E-state index is -5.45. The lowest BCUT2D eigenvalue weighted by Gasteiger charge is -2.22. The molecule has 8 heteroatoms. The minimum Gasteiger partial charge on any atom is -0.569 e. The lowest BCUT2D eigenvalue weighted by molar-refractivity contribution is -0.0425. The number of sulfonamides is 1. The first-order chi connectivity index (χ1) is 6.33. The monoisotopic (exact) mass is 225 g/mol. The maximum absolute atomic E-state index is 11.8. The highest BCUT2D eigenvalue weighted by Crippen LogP contribution is 2.33.